The van der Waals surface area contributed by atoms with Crippen molar-refractivity contribution in [3.63, 3.8) is 0 Å². The van der Waals surface area contributed by atoms with Crippen LogP contribution in [-0.2, 0) is 4.74 Å². The number of aromatic nitrogens is 3. The van der Waals surface area contributed by atoms with Gasteiger partial charge in [0.1, 0.15) is 21.2 Å². The van der Waals surface area contributed by atoms with E-state index in [-0.39, 0.29) is 23.0 Å². The first kappa shape index (κ1) is 19.3. The first-order valence-corrected chi connectivity index (χ1v) is 9.18. The Labute approximate surface area is 171 Å². The van der Waals surface area contributed by atoms with Crippen molar-refractivity contribution in [3.05, 3.63) is 65.3 Å². The van der Waals surface area contributed by atoms with E-state index in [4.69, 9.17) is 9.72 Å². The number of halogens is 1. The molecule has 3 aromatic heterocycles. The molecule has 0 N–H and O–H groups in total. The van der Waals surface area contributed by atoms with Crippen molar-refractivity contribution in [1.82, 2.24) is 14.4 Å². The summed E-state index contributed by atoms with van der Waals surface area (Å²) in [5, 5.41) is 0.753. The molecule has 0 bridgehead atoms. The van der Waals surface area contributed by atoms with Gasteiger partial charge in [-0.15, -0.1) is 28.3 Å². The second kappa shape index (κ2) is 8.02. The van der Waals surface area contributed by atoms with Gasteiger partial charge < -0.3 is 4.74 Å². The Hall–Kier alpha value is -2.51. The molecule has 27 heavy (non-hydrogen) atoms. The van der Waals surface area contributed by atoms with Crippen LogP contribution < -0.4 is 0 Å². The van der Waals surface area contributed by atoms with E-state index in [0.717, 1.165) is 27.6 Å². The number of hydrogen-bond acceptors (Lipinski definition) is 5. The largest absolute Gasteiger partial charge is 0.462 e. The summed E-state index contributed by atoms with van der Waals surface area (Å²) < 4.78 is 7.25. The number of fused-ring (bicyclic) bond motifs is 1. The normalized spacial score (nSPS) is 10.6. The molecule has 0 unspecified atom stereocenters. The SMILES string of the molecule is Br.CCOC(=O)c1sc(-c2c(C)nc3ccccn23)nc1-c1ccccc1. The molecular formula is C20H18BrN3O2S. The van der Waals surface area contributed by atoms with Crippen molar-refractivity contribution in [2.75, 3.05) is 6.61 Å². The number of pyridine rings is 1. The Kier molecular flexibility index (Phi) is 5.72. The molecule has 1 aromatic carbocycles. The Morgan fingerprint density at radius 2 is 1.85 bits per heavy atom. The van der Waals surface area contributed by atoms with Gasteiger partial charge in [0, 0.05) is 11.8 Å². The lowest BCUT2D eigenvalue weighted by molar-refractivity contribution is 0.0532. The zero-order chi connectivity index (χ0) is 18.1. The number of aryl methyl sites for hydroxylation is 1. The zero-order valence-electron chi connectivity index (χ0n) is 14.9. The van der Waals surface area contributed by atoms with Gasteiger partial charge in [-0.1, -0.05) is 36.4 Å². The third-order valence-corrected chi connectivity index (χ3v) is 5.08. The number of rotatable bonds is 4. The maximum absolute atomic E-state index is 12.5. The molecule has 4 rings (SSSR count). The Bertz CT molecular complexity index is 1090. The van der Waals surface area contributed by atoms with Crippen LogP contribution in [0.1, 0.15) is 22.3 Å². The minimum Gasteiger partial charge on any atom is -0.462 e. The van der Waals surface area contributed by atoms with Crippen LogP contribution in [0.15, 0.2) is 54.7 Å². The number of hydrogen-bond donors (Lipinski definition) is 0. The zero-order valence-corrected chi connectivity index (χ0v) is 17.4. The van der Waals surface area contributed by atoms with Gasteiger partial charge in [-0.05, 0) is 26.0 Å². The number of imidazole rings is 1. The number of thiazole rings is 1. The minimum atomic E-state index is -0.346. The molecule has 0 aliphatic heterocycles. The predicted molar refractivity (Wildman–Crippen MR) is 113 cm³/mol. The van der Waals surface area contributed by atoms with Crippen molar-refractivity contribution in [3.8, 4) is 22.0 Å². The summed E-state index contributed by atoms with van der Waals surface area (Å²) in [6.45, 7) is 4.08. The summed E-state index contributed by atoms with van der Waals surface area (Å²) in [4.78, 5) is 22.4. The first-order chi connectivity index (χ1) is 12.7. The average Bonchev–Trinajstić information content (AvgIpc) is 3.23. The molecule has 0 amide bonds. The number of carbonyl (C=O) groups is 1. The Morgan fingerprint density at radius 3 is 2.59 bits per heavy atom. The number of nitrogens with zero attached hydrogens (tertiary/aromatic N) is 3. The van der Waals surface area contributed by atoms with Crippen molar-refractivity contribution in [1.29, 1.82) is 0 Å². The number of ether oxygens (including phenoxy) is 1. The van der Waals surface area contributed by atoms with Gasteiger partial charge in [0.15, 0.2) is 0 Å². The van der Waals surface area contributed by atoms with Crippen LogP contribution in [0.2, 0.25) is 0 Å². The molecule has 0 spiro atoms. The molecule has 4 aromatic rings. The van der Waals surface area contributed by atoms with E-state index in [1.165, 1.54) is 11.3 Å². The summed E-state index contributed by atoms with van der Waals surface area (Å²) in [5.41, 5.74) is 4.17. The van der Waals surface area contributed by atoms with Crippen LogP contribution >= 0.6 is 28.3 Å². The molecule has 0 atom stereocenters. The van der Waals surface area contributed by atoms with E-state index >= 15 is 0 Å². The summed E-state index contributed by atoms with van der Waals surface area (Å²) in [6, 6.07) is 15.6. The third-order valence-electron chi connectivity index (χ3n) is 4.04. The molecule has 0 aliphatic carbocycles. The highest BCUT2D eigenvalue weighted by Gasteiger charge is 2.23. The lowest BCUT2D eigenvalue weighted by Gasteiger charge is -2.01. The standard InChI is InChI=1S/C20H17N3O2S.BrH/c1-3-25-20(24)18-16(14-9-5-4-6-10-14)22-19(26-18)17-13(2)21-15-11-7-8-12-23(15)17;/h4-12H,3H2,1-2H3;1H. The fourth-order valence-electron chi connectivity index (χ4n) is 2.92. The van der Waals surface area contributed by atoms with Gasteiger partial charge in [0.25, 0.3) is 0 Å². The molecule has 3 heterocycles. The maximum Gasteiger partial charge on any atom is 0.350 e. The highest BCUT2D eigenvalue weighted by atomic mass is 79.9. The van der Waals surface area contributed by atoms with Gasteiger partial charge in [0.05, 0.1) is 18.0 Å². The highest BCUT2D eigenvalue weighted by molar-refractivity contribution is 8.93. The van der Waals surface area contributed by atoms with Gasteiger partial charge in [-0.3, -0.25) is 4.40 Å². The minimum absolute atomic E-state index is 0. The van der Waals surface area contributed by atoms with Crippen LogP contribution in [0.4, 0.5) is 0 Å². The van der Waals surface area contributed by atoms with E-state index in [9.17, 15) is 4.79 Å². The summed E-state index contributed by atoms with van der Waals surface area (Å²) >= 11 is 1.34. The van der Waals surface area contributed by atoms with Gasteiger partial charge in [-0.25, -0.2) is 14.8 Å². The lowest BCUT2D eigenvalue weighted by Crippen LogP contribution is -2.03. The van der Waals surface area contributed by atoms with E-state index in [1.807, 2.05) is 66.1 Å². The molecule has 138 valence electrons. The van der Waals surface area contributed by atoms with Crippen LogP contribution in [0.25, 0.3) is 27.6 Å². The fraction of sp³-hybridized carbons (Fsp3) is 0.150. The average molecular weight is 444 g/mol. The van der Waals surface area contributed by atoms with E-state index in [2.05, 4.69) is 4.98 Å². The molecule has 0 saturated heterocycles. The highest BCUT2D eigenvalue weighted by Crippen LogP contribution is 2.36. The van der Waals surface area contributed by atoms with Crippen LogP contribution in [0, 0.1) is 6.92 Å². The van der Waals surface area contributed by atoms with Crippen molar-refractivity contribution < 1.29 is 9.53 Å². The second-order valence-corrected chi connectivity index (χ2v) is 6.76. The molecule has 7 heteroatoms. The molecule has 0 aliphatic rings. The number of benzene rings is 1. The quantitative estimate of drug-likeness (QED) is 0.407. The van der Waals surface area contributed by atoms with Gasteiger partial charge in [0.2, 0.25) is 0 Å². The van der Waals surface area contributed by atoms with E-state index in [0.29, 0.717) is 17.2 Å². The topological polar surface area (TPSA) is 56.5 Å². The number of carbonyl (C=O) groups excluding carboxylic acids is 1. The van der Waals surface area contributed by atoms with E-state index in [1.54, 1.807) is 6.92 Å². The smallest absolute Gasteiger partial charge is 0.350 e. The molecule has 0 radical (unpaired) electrons. The van der Waals surface area contributed by atoms with Gasteiger partial charge >= 0.3 is 5.97 Å². The third kappa shape index (κ3) is 3.52. The summed E-state index contributed by atoms with van der Waals surface area (Å²) in [6.07, 6.45) is 1.96. The summed E-state index contributed by atoms with van der Waals surface area (Å²) in [7, 11) is 0. The predicted octanol–water partition coefficient (Wildman–Crippen LogP) is 5.19. The molecule has 0 saturated carbocycles. The lowest BCUT2D eigenvalue weighted by atomic mass is 10.1. The van der Waals surface area contributed by atoms with Crippen molar-refractivity contribution in [2.45, 2.75) is 13.8 Å². The van der Waals surface area contributed by atoms with Crippen LogP contribution in [0.3, 0.4) is 0 Å². The molecule has 0 fully saturated rings. The van der Waals surface area contributed by atoms with Crippen molar-refractivity contribution in [2.24, 2.45) is 0 Å². The monoisotopic (exact) mass is 443 g/mol. The Balaban J connectivity index is 0.00000210. The fourth-order valence-corrected chi connectivity index (χ4v) is 3.99. The first-order valence-electron chi connectivity index (χ1n) is 8.36. The van der Waals surface area contributed by atoms with Crippen LogP contribution in [-0.4, -0.2) is 26.9 Å². The molecular weight excluding hydrogens is 426 g/mol. The maximum atomic E-state index is 12.5. The van der Waals surface area contributed by atoms with Crippen molar-refractivity contribution >= 4 is 39.9 Å². The second-order valence-electron chi connectivity index (χ2n) is 5.76. The Morgan fingerprint density at radius 1 is 1.11 bits per heavy atom. The molecule has 5 nitrogen and oxygen atoms in total. The number of esters is 1. The van der Waals surface area contributed by atoms with E-state index < -0.39 is 0 Å². The summed E-state index contributed by atoms with van der Waals surface area (Å²) in [5.74, 6) is -0.346. The van der Waals surface area contributed by atoms with Gasteiger partial charge in [-0.2, -0.15) is 0 Å². The van der Waals surface area contributed by atoms with Crippen LogP contribution in [0.5, 0.6) is 0 Å².